The number of pyridine rings is 1. The number of anilines is 1. The van der Waals surface area contributed by atoms with E-state index in [4.69, 9.17) is 9.72 Å². The maximum absolute atomic E-state index is 15.1. The first kappa shape index (κ1) is 20.7. The van der Waals surface area contributed by atoms with Crippen molar-refractivity contribution in [1.82, 2.24) is 19.7 Å². The van der Waals surface area contributed by atoms with Gasteiger partial charge in [-0.2, -0.15) is 5.10 Å². The molecule has 0 radical (unpaired) electrons. The molecule has 0 aliphatic carbocycles. The number of aromatic nitrogens is 3. The molecule has 2 aliphatic rings. The van der Waals surface area contributed by atoms with Crippen LogP contribution < -0.4 is 9.64 Å². The minimum absolute atomic E-state index is 0.151. The van der Waals surface area contributed by atoms with Gasteiger partial charge in [0.1, 0.15) is 17.7 Å². The van der Waals surface area contributed by atoms with Crippen molar-refractivity contribution in [2.45, 2.75) is 31.7 Å². The van der Waals surface area contributed by atoms with E-state index in [-0.39, 0.29) is 19.1 Å². The van der Waals surface area contributed by atoms with Crippen LogP contribution >= 0.6 is 0 Å². The van der Waals surface area contributed by atoms with Gasteiger partial charge in [-0.15, -0.1) is 0 Å². The van der Waals surface area contributed by atoms with Gasteiger partial charge in [0.05, 0.1) is 42.2 Å². The van der Waals surface area contributed by atoms with Crippen LogP contribution in [0.5, 0.6) is 5.75 Å². The fourth-order valence-electron chi connectivity index (χ4n) is 4.69. The van der Waals surface area contributed by atoms with Crippen LogP contribution in [0.4, 0.5) is 10.2 Å². The third-order valence-electron chi connectivity index (χ3n) is 6.51. The number of aliphatic hydroxyl groups excluding tert-OH is 1. The number of aliphatic hydroxyl groups is 1. The fourth-order valence-corrected chi connectivity index (χ4v) is 4.69. The highest BCUT2D eigenvalue weighted by Gasteiger charge is 2.38. The molecule has 3 aromatic rings. The van der Waals surface area contributed by atoms with E-state index in [0.29, 0.717) is 35.8 Å². The standard InChI is InChI=1S/C23H26FN5O3/c1-13-8-16-21(19(12-30)27(2)23(16)31)26-22(13)29-7-6-20(17(24)11-29)32-15-4-5-18-14(9-15)10-25-28(18)3/h4-5,8-10,17,19-20,30H,6-7,11-12H2,1-3H3/t17-,19-,20+/m0/s1. The second kappa shape index (κ2) is 7.74. The molecule has 0 unspecified atom stereocenters. The molecular formula is C23H26FN5O3. The quantitative estimate of drug-likeness (QED) is 0.672. The molecule has 168 valence electrons. The Bertz CT molecular complexity index is 1200. The smallest absolute Gasteiger partial charge is 0.256 e. The van der Waals surface area contributed by atoms with Crippen molar-refractivity contribution < 1.29 is 19.0 Å². The number of likely N-dealkylation sites (N-methyl/N-ethyl adjacent to an activating group) is 1. The molecule has 9 heteroatoms. The van der Waals surface area contributed by atoms with Gasteiger partial charge in [0.25, 0.3) is 5.91 Å². The van der Waals surface area contributed by atoms with Crippen LogP contribution in [0.25, 0.3) is 10.9 Å². The molecule has 1 aromatic carbocycles. The Labute approximate surface area is 185 Å². The Morgan fingerprint density at radius 2 is 2.09 bits per heavy atom. The minimum atomic E-state index is -1.19. The lowest BCUT2D eigenvalue weighted by atomic mass is 10.0. The van der Waals surface area contributed by atoms with Crippen LogP contribution in [-0.4, -0.2) is 69.7 Å². The predicted octanol–water partition coefficient (Wildman–Crippen LogP) is 2.39. The van der Waals surface area contributed by atoms with E-state index in [1.165, 1.54) is 4.90 Å². The zero-order valence-electron chi connectivity index (χ0n) is 18.3. The number of hydrogen-bond acceptors (Lipinski definition) is 6. The molecule has 0 saturated carbocycles. The number of amides is 1. The van der Waals surface area contributed by atoms with Crippen molar-refractivity contribution in [1.29, 1.82) is 0 Å². The largest absolute Gasteiger partial charge is 0.487 e. The average Bonchev–Trinajstić information content (AvgIpc) is 3.26. The van der Waals surface area contributed by atoms with Gasteiger partial charge in [0.2, 0.25) is 0 Å². The molecule has 1 saturated heterocycles. The number of rotatable bonds is 4. The summed E-state index contributed by atoms with van der Waals surface area (Å²) in [4.78, 5) is 20.5. The number of halogens is 1. The van der Waals surface area contributed by atoms with Gasteiger partial charge >= 0.3 is 0 Å². The first-order valence-electron chi connectivity index (χ1n) is 10.7. The molecule has 1 fully saturated rings. The first-order valence-corrected chi connectivity index (χ1v) is 10.7. The molecule has 1 N–H and O–H groups in total. The zero-order valence-corrected chi connectivity index (χ0v) is 18.3. The van der Waals surface area contributed by atoms with Gasteiger partial charge in [-0.3, -0.25) is 9.48 Å². The SMILES string of the molecule is Cc1cc2c(nc1N1CC[C@@H](Oc3ccc4c(cnn4C)c3)[C@@H](F)C1)[C@H](CO)N(C)C2=O. The highest BCUT2D eigenvalue weighted by atomic mass is 19.1. The zero-order chi connectivity index (χ0) is 22.6. The van der Waals surface area contributed by atoms with Gasteiger partial charge in [-0.05, 0) is 36.8 Å². The Kier molecular flexibility index (Phi) is 5.00. The maximum Gasteiger partial charge on any atom is 0.256 e. The van der Waals surface area contributed by atoms with Crippen molar-refractivity contribution in [3.63, 3.8) is 0 Å². The lowest BCUT2D eigenvalue weighted by Gasteiger charge is -2.36. The topological polar surface area (TPSA) is 83.7 Å². The number of alkyl halides is 1. The van der Waals surface area contributed by atoms with Crippen LogP contribution in [0.1, 0.15) is 34.1 Å². The van der Waals surface area contributed by atoms with Gasteiger partial charge in [-0.25, -0.2) is 9.37 Å². The number of hydrogen-bond donors (Lipinski definition) is 1. The third-order valence-corrected chi connectivity index (χ3v) is 6.51. The third kappa shape index (κ3) is 3.28. The summed E-state index contributed by atoms with van der Waals surface area (Å²) in [6.07, 6.45) is 0.530. The van der Waals surface area contributed by atoms with Crippen molar-refractivity contribution in [2.75, 3.05) is 31.6 Å². The minimum Gasteiger partial charge on any atom is -0.487 e. The molecule has 2 aliphatic heterocycles. The molecule has 3 atom stereocenters. The second-order valence-corrected chi connectivity index (χ2v) is 8.57. The summed E-state index contributed by atoms with van der Waals surface area (Å²) in [7, 11) is 3.53. The van der Waals surface area contributed by atoms with E-state index in [1.54, 1.807) is 24.0 Å². The number of ether oxygens (including phenoxy) is 1. The van der Waals surface area contributed by atoms with Gasteiger partial charge < -0.3 is 19.6 Å². The fraction of sp³-hybridized carbons (Fsp3) is 0.435. The molecule has 32 heavy (non-hydrogen) atoms. The predicted molar refractivity (Wildman–Crippen MR) is 118 cm³/mol. The van der Waals surface area contributed by atoms with E-state index in [2.05, 4.69) is 5.10 Å². The maximum atomic E-state index is 15.1. The van der Waals surface area contributed by atoms with Gasteiger partial charge in [0, 0.05) is 32.4 Å². The number of nitrogens with zero attached hydrogens (tertiary/aromatic N) is 5. The Hall–Kier alpha value is -3.20. The van der Waals surface area contributed by atoms with E-state index in [9.17, 15) is 9.90 Å². The molecule has 4 heterocycles. The second-order valence-electron chi connectivity index (χ2n) is 8.57. The summed E-state index contributed by atoms with van der Waals surface area (Å²) < 4.78 is 22.9. The van der Waals surface area contributed by atoms with Gasteiger partial charge in [-0.1, -0.05) is 0 Å². The van der Waals surface area contributed by atoms with E-state index < -0.39 is 18.3 Å². The summed E-state index contributed by atoms with van der Waals surface area (Å²) in [6.45, 7) is 2.41. The highest BCUT2D eigenvalue weighted by Crippen LogP contribution is 2.35. The summed E-state index contributed by atoms with van der Waals surface area (Å²) in [6, 6.07) is 6.98. The van der Waals surface area contributed by atoms with Crippen LogP contribution in [-0.2, 0) is 7.05 Å². The van der Waals surface area contributed by atoms with E-state index in [0.717, 1.165) is 16.5 Å². The first-order chi connectivity index (χ1) is 15.4. The summed E-state index contributed by atoms with van der Waals surface area (Å²) in [5.41, 5.74) is 2.87. The van der Waals surface area contributed by atoms with Gasteiger partial charge in [0.15, 0.2) is 6.17 Å². The molecular weight excluding hydrogens is 413 g/mol. The number of carbonyl (C=O) groups excluding carboxylic acids is 1. The van der Waals surface area contributed by atoms with Crippen molar-refractivity contribution in [2.24, 2.45) is 7.05 Å². The molecule has 1 amide bonds. The Balaban J connectivity index is 1.33. The molecule has 0 bridgehead atoms. The Morgan fingerprint density at radius 3 is 2.84 bits per heavy atom. The lowest BCUT2D eigenvalue weighted by Crippen LogP contribution is -2.47. The van der Waals surface area contributed by atoms with Crippen LogP contribution in [0.2, 0.25) is 0 Å². The van der Waals surface area contributed by atoms with Crippen molar-refractivity contribution >= 4 is 22.6 Å². The summed E-state index contributed by atoms with van der Waals surface area (Å²) >= 11 is 0. The lowest BCUT2D eigenvalue weighted by molar-refractivity contribution is 0.0714. The molecule has 8 nitrogen and oxygen atoms in total. The number of fused-ring (bicyclic) bond motifs is 2. The monoisotopic (exact) mass is 439 g/mol. The number of carbonyl (C=O) groups is 1. The van der Waals surface area contributed by atoms with Crippen LogP contribution in [0.15, 0.2) is 30.5 Å². The summed E-state index contributed by atoms with van der Waals surface area (Å²) in [5.74, 6) is 1.14. The average molecular weight is 439 g/mol. The van der Waals surface area contributed by atoms with E-state index in [1.807, 2.05) is 37.1 Å². The van der Waals surface area contributed by atoms with Crippen LogP contribution in [0, 0.1) is 6.92 Å². The highest BCUT2D eigenvalue weighted by molar-refractivity contribution is 5.99. The van der Waals surface area contributed by atoms with E-state index >= 15 is 4.39 Å². The number of piperidine rings is 1. The Morgan fingerprint density at radius 1 is 1.28 bits per heavy atom. The summed E-state index contributed by atoms with van der Waals surface area (Å²) in [5, 5.41) is 14.9. The van der Waals surface area contributed by atoms with Crippen LogP contribution in [0.3, 0.4) is 0 Å². The molecule has 0 spiro atoms. The number of benzene rings is 1. The van der Waals surface area contributed by atoms with Crippen molar-refractivity contribution in [3.05, 3.63) is 47.3 Å². The molecule has 5 rings (SSSR count). The normalized spacial score (nSPS) is 23.2. The molecule has 2 aromatic heterocycles. The number of aryl methyl sites for hydroxylation is 2. The van der Waals surface area contributed by atoms with Crippen molar-refractivity contribution in [3.8, 4) is 5.75 Å².